The van der Waals surface area contributed by atoms with E-state index in [2.05, 4.69) is 15.3 Å². The molecular weight excluding hydrogens is 321 g/mol. The summed E-state index contributed by atoms with van der Waals surface area (Å²) < 4.78 is 15.7. The van der Waals surface area contributed by atoms with Crippen LogP contribution in [0.15, 0.2) is 42.7 Å². The van der Waals surface area contributed by atoms with E-state index >= 15 is 0 Å². The predicted molar refractivity (Wildman–Crippen MR) is 92.8 cm³/mol. The van der Waals surface area contributed by atoms with Gasteiger partial charge in [0.25, 0.3) is 5.91 Å². The van der Waals surface area contributed by atoms with Crippen LogP contribution in [-0.4, -0.2) is 44.5 Å². The van der Waals surface area contributed by atoms with E-state index in [0.717, 1.165) is 11.9 Å². The molecule has 4 rings (SSSR count). The second-order valence-electron chi connectivity index (χ2n) is 6.22. The molecule has 0 aliphatic carbocycles. The monoisotopic (exact) mass is 339 g/mol. The van der Waals surface area contributed by atoms with Crippen molar-refractivity contribution in [2.24, 2.45) is 7.05 Å². The first-order chi connectivity index (χ1) is 12.1. The zero-order valence-electron chi connectivity index (χ0n) is 13.8. The van der Waals surface area contributed by atoms with Gasteiger partial charge in [-0.3, -0.25) is 9.78 Å². The van der Waals surface area contributed by atoms with E-state index in [9.17, 15) is 9.18 Å². The fourth-order valence-corrected chi connectivity index (χ4v) is 3.23. The minimum atomic E-state index is -0.332. The number of carbonyl (C=O) groups excluding carboxylic acids is 1. The average Bonchev–Trinajstić information content (AvgIpc) is 3.22. The molecule has 1 amide bonds. The number of anilines is 1. The molecule has 0 bridgehead atoms. The Hall–Kier alpha value is -2.96. The number of hydrogen-bond acceptors (Lipinski definition) is 4. The molecule has 1 aliphatic heterocycles. The molecule has 2 aromatic heterocycles. The van der Waals surface area contributed by atoms with Crippen LogP contribution < -0.4 is 5.32 Å². The van der Waals surface area contributed by atoms with E-state index in [4.69, 9.17) is 0 Å². The number of para-hydroxylation sites is 1. The zero-order chi connectivity index (χ0) is 17.4. The van der Waals surface area contributed by atoms with Gasteiger partial charge in [-0.2, -0.15) is 0 Å². The third-order valence-electron chi connectivity index (χ3n) is 4.58. The van der Waals surface area contributed by atoms with Gasteiger partial charge in [0.05, 0.1) is 11.1 Å². The second kappa shape index (κ2) is 6.16. The molecule has 1 unspecified atom stereocenters. The first-order valence-electron chi connectivity index (χ1n) is 8.20. The topological polar surface area (TPSA) is 63.1 Å². The number of nitrogens with one attached hydrogen (secondary N) is 1. The van der Waals surface area contributed by atoms with Crippen molar-refractivity contribution in [1.29, 1.82) is 0 Å². The lowest BCUT2D eigenvalue weighted by molar-refractivity contribution is 0.0791. The molecule has 1 aromatic carbocycles. The Labute approximate surface area is 144 Å². The van der Waals surface area contributed by atoms with Gasteiger partial charge in [0.15, 0.2) is 5.82 Å². The predicted octanol–water partition coefficient (Wildman–Crippen LogP) is 2.43. The van der Waals surface area contributed by atoms with Gasteiger partial charge in [0.1, 0.15) is 5.52 Å². The number of rotatable bonds is 3. The number of hydrogen-bond donors (Lipinski definition) is 1. The maximum atomic E-state index is 13.9. The summed E-state index contributed by atoms with van der Waals surface area (Å²) in [7, 11) is 1.85. The molecule has 1 atom stereocenters. The van der Waals surface area contributed by atoms with Crippen LogP contribution in [0.25, 0.3) is 11.0 Å². The van der Waals surface area contributed by atoms with Crippen molar-refractivity contribution in [2.75, 3.05) is 18.4 Å². The molecule has 0 spiro atoms. The second-order valence-corrected chi connectivity index (χ2v) is 6.22. The number of imidazole rings is 1. The van der Waals surface area contributed by atoms with Gasteiger partial charge in [-0.15, -0.1) is 0 Å². The molecule has 6 nitrogen and oxygen atoms in total. The van der Waals surface area contributed by atoms with Crippen molar-refractivity contribution in [3.8, 4) is 0 Å². The summed E-state index contributed by atoms with van der Waals surface area (Å²) in [5.41, 5.74) is 1.69. The number of carbonyl (C=O) groups is 1. The number of aromatic nitrogens is 3. The molecule has 3 aromatic rings. The van der Waals surface area contributed by atoms with E-state index in [1.54, 1.807) is 35.5 Å². The quantitative estimate of drug-likeness (QED) is 0.796. The Kier molecular flexibility index (Phi) is 3.83. The van der Waals surface area contributed by atoms with Crippen molar-refractivity contribution in [3.05, 3.63) is 54.1 Å². The van der Waals surface area contributed by atoms with Gasteiger partial charge in [-0.25, -0.2) is 9.37 Å². The highest BCUT2D eigenvalue weighted by molar-refractivity contribution is 5.94. The molecule has 0 radical (unpaired) electrons. The minimum Gasteiger partial charge on any atom is -0.351 e. The summed E-state index contributed by atoms with van der Waals surface area (Å²) in [6.07, 6.45) is 4.05. The smallest absolute Gasteiger partial charge is 0.255 e. The number of aryl methyl sites for hydroxylation is 1. The molecule has 0 saturated carbocycles. The number of likely N-dealkylation sites (tertiary alicyclic amines) is 1. The molecule has 25 heavy (non-hydrogen) atoms. The Morgan fingerprint density at radius 1 is 1.32 bits per heavy atom. The van der Waals surface area contributed by atoms with Crippen LogP contribution in [0.1, 0.15) is 16.8 Å². The van der Waals surface area contributed by atoms with Crippen molar-refractivity contribution in [1.82, 2.24) is 19.4 Å². The normalized spacial score (nSPS) is 17.2. The van der Waals surface area contributed by atoms with Gasteiger partial charge in [0, 0.05) is 38.6 Å². The fourth-order valence-electron chi connectivity index (χ4n) is 3.23. The maximum absolute atomic E-state index is 13.9. The van der Waals surface area contributed by atoms with Crippen molar-refractivity contribution in [2.45, 2.75) is 12.5 Å². The van der Waals surface area contributed by atoms with E-state index in [-0.39, 0.29) is 17.8 Å². The molecule has 1 fully saturated rings. The fraction of sp³-hybridized carbons (Fsp3) is 0.278. The minimum absolute atomic E-state index is 0.0200. The molecule has 1 aliphatic rings. The summed E-state index contributed by atoms with van der Waals surface area (Å²) in [5.74, 6) is 0.259. The molecule has 1 saturated heterocycles. The molecule has 3 heterocycles. The van der Waals surface area contributed by atoms with Crippen LogP contribution >= 0.6 is 0 Å². The van der Waals surface area contributed by atoms with E-state index < -0.39 is 0 Å². The highest BCUT2D eigenvalue weighted by Crippen LogP contribution is 2.23. The summed E-state index contributed by atoms with van der Waals surface area (Å²) in [6.45, 7) is 1.25. The SMILES string of the molecule is Cn1c(NC2CCN(C(=O)c3cccnc3)C2)nc2c(F)cccc21. The Bertz CT molecular complexity index is 924. The lowest BCUT2D eigenvalue weighted by Gasteiger charge is -2.17. The van der Waals surface area contributed by atoms with Crippen LogP contribution in [0.2, 0.25) is 0 Å². The molecule has 7 heteroatoms. The Morgan fingerprint density at radius 3 is 2.96 bits per heavy atom. The zero-order valence-corrected chi connectivity index (χ0v) is 13.8. The van der Waals surface area contributed by atoms with E-state index in [0.29, 0.717) is 30.1 Å². The van der Waals surface area contributed by atoms with Crippen molar-refractivity contribution in [3.63, 3.8) is 0 Å². The highest BCUT2D eigenvalue weighted by Gasteiger charge is 2.28. The van der Waals surface area contributed by atoms with Crippen LogP contribution in [0.5, 0.6) is 0 Å². The van der Waals surface area contributed by atoms with Gasteiger partial charge in [0.2, 0.25) is 5.95 Å². The Morgan fingerprint density at radius 2 is 2.20 bits per heavy atom. The lowest BCUT2D eigenvalue weighted by Crippen LogP contribution is -2.32. The third-order valence-corrected chi connectivity index (χ3v) is 4.58. The summed E-state index contributed by atoms with van der Waals surface area (Å²) >= 11 is 0. The molecular formula is C18H18FN5O. The van der Waals surface area contributed by atoms with Gasteiger partial charge < -0.3 is 14.8 Å². The van der Waals surface area contributed by atoms with Gasteiger partial charge in [-0.1, -0.05) is 6.07 Å². The largest absolute Gasteiger partial charge is 0.351 e. The summed E-state index contributed by atoms with van der Waals surface area (Å²) in [4.78, 5) is 22.7. The number of halogens is 1. The average molecular weight is 339 g/mol. The van der Waals surface area contributed by atoms with Gasteiger partial charge >= 0.3 is 0 Å². The molecule has 1 N–H and O–H groups in total. The maximum Gasteiger partial charge on any atom is 0.255 e. The standard InChI is InChI=1S/C18H18FN5O/c1-23-15-6-2-5-14(19)16(15)22-18(23)21-13-7-9-24(11-13)17(25)12-4-3-8-20-10-12/h2-6,8,10,13H,7,9,11H2,1H3,(H,21,22). The van der Waals surface area contributed by atoms with Crippen LogP contribution in [-0.2, 0) is 7.05 Å². The van der Waals surface area contributed by atoms with Crippen LogP contribution in [0, 0.1) is 5.82 Å². The number of nitrogens with zero attached hydrogens (tertiary/aromatic N) is 4. The third kappa shape index (κ3) is 2.82. The number of amides is 1. The van der Waals surface area contributed by atoms with Crippen molar-refractivity contribution < 1.29 is 9.18 Å². The summed E-state index contributed by atoms with van der Waals surface area (Å²) in [6, 6.07) is 8.52. The Balaban J connectivity index is 1.49. The van der Waals surface area contributed by atoms with Crippen LogP contribution in [0.4, 0.5) is 10.3 Å². The molecule has 128 valence electrons. The van der Waals surface area contributed by atoms with E-state index in [1.807, 2.05) is 17.7 Å². The number of fused-ring (bicyclic) bond motifs is 1. The van der Waals surface area contributed by atoms with Crippen LogP contribution in [0.3, 0.4) is 0 Å². The van der Waals surface area contributed by atoms with Gasteiger partial charge in [-0.05, 0) is 30.7 Å². The highest BCUT2D eigenvalue weighted by atomic mass is 19.1. The number of pyridine rings is 1. The lowest BCUT2D eigenvalue weighted by atomic mass is 10.2. The first kappa shape index (κ1) is 15.6. The number of benzene rings is 1. The van der Waals surface area contributed by atoms with Crippen molar-refractivity contribution >= 4 is 22.9 Å². The first-order valence-corrected chi connectivity index (χ1v) is 8.20. The summed E-state index contributed by atoms with van der Waals surface area (Å²) in [5, 5.41) is 3.34. The van der Waals surface area contributed by atoms with E-state index in [1.165, 1.54) is 6.07 Å².